The van der Waals surface area contributed by atoms with E-state index in [1.807, 2.05) is 17.0 Å². The minimum atomic E-state index is -0.502. The maximum absolute atomic E-state index is 14.6. The van der Waals surface area contributed by atoms with Crippen LogP contribution in [0.15, 0.2) is 79.5 Å². The van der Waals surface area contributed by atoms with Crippen molar-refractivity contribution in [3.8, 4) is 17.0 Å². The van der Waals surface area contributed by atoms with E-state index in [4.69, 9.17) is 9.72 Å². The van der Waals surface area contributed by atoms with Crippen molar-refractivity contribution < 1.29 is 23.4 Å². The lowest BCUT2D eigenvalue weighted by atomic mass is 9.98. The predicted octanol–water partition coefficient (Wildman–Crippen LogP) is 5.60. The summed E-state index contributed by atoms with van der Waals surface area (Å²) in [6, 6.07) is 15.9. The molecule has 0 atom stereocenters. The highest BCUT2D eigenvalue weighted by Crippen LogP contribution is 2.33. The van der Waals surface area contributed by atoms with Crippen molar-refractivity contribution in [1.82, 2.24) is 9.97 Å². The Kier molecular flexibility index (Phi) is 8.12. The van der Waals surface area contributed by atoms with Crippen LogP contribution >= 0.6 is 0 Å². The topological polar surface area (TPSA) is 87.6 Å². The number of morpholine rings is 1. The van der Waals surface area contributed by atoms with Crippen LogP contribution in [0.4, 0.5) is 26.1 Å². The highest BCUT2D eigenvalue weighted by molar-refractivity contribution is 5.91. The van der Waals surface area contributed by atoms with Gasteiger partial charge in [-0.2, -0.15) is 0 Å². The van der Waals surface area contributed by atoms with Crippen LogP contribution in [0.25, 0.3) is 11.3 Å². The Labute approximate surface area is 230 Å². The average molecular weight is 543 g/mol. The van der Waals surface area contributed by atoms with Gasteiger partial charge in [0.15, 0.2) is 5.78 Å². The number of allylic oxidation sites excluding steroid dienone is 1. The van der Waals surface area contributed by atoms with Crippen LogP contribution in [-0.4, -0.2) is 47.2 Å². The number of anilines is 3. The highest BCUT2D eigenvalue weighted by atomic mass is 19.1. The van der Waals surface area contributed by atoms with Crippen LogP contribution in [0.2, 0.25) is 0 Å². The van der Waals surface area contributed by atoms with Crippen LogP contribution in [0, 0.1) is 11.6 Å². The number of nitrogens with zero attached hydrogens (tertiary/aromatic N) is 3. The van der Waals surface area contributed by atoms with Gasteiger partial charge in [0.25, 0.3) is 0 Å². The fourth-order valence-corrected chi connectivity index (χ4v) is 4.62. The Balaban J connectivity index is 1.51. The largest absolute Gasteiger partial charge is 0.506 e. The lowest BCUT2D eigenvalue weighted by Gasteiger charge is -2.29. The van der Waals surface area contributed by atoms with Gasteiger partial charge in [0.1, 0.15) is 17.4 Å². The second kappa shape index (κ2) is 12.0. The number of ether oxygens (including phenoxy) is 1. The zero-order valence-corrected chi connectivity index (χ0v) is 21.7. The number of rotatable bonds is 9. The lowest BCUT2D eigenvalue weighted by molar-refractivity contribution is -0.114. The van der Waals surface area contributed by atoms with E-state index in [2.05, 4.69) is 16.9 Å². The number of carbonyl (C=O) groups is 1. The summed E-state index contributed by atoms with van der Waals surface area (Å²) in [5.74, 6) is -0.715. The zero-order chi connectivity index (χ0) is 28.1. The minimum absolute atomic E-state index is 0.129. The molecule has 9 heteroatoms. The minimum Gasteiger partial charge on any atom is -0.506 e. The molecule has 1 aliphatic heterocycles. The molecule has 0 radical (unpaired) electrons. The molecule has 1 aromatic heterocycles. The molecule has 7 nitrogen and oxygen atoms in total. The summed E-state index contributed by atoms with van der Waals surface area (Å²) in [5.41, 5.74) is 4.09. The van der Waals surface area contributed by atoms with Crippen molar-refractivity contribution in [1.29, 1.82) is 0 Å². The maximum Gasteiger partial charge on any atom is 0.227 e. The van der Waals surface area contributed by atoms with Gasteiger partial charge in [-0.1, -0.05) is 18.7 Å². The van der Waals surface area contributed by atoms with Gasteiger partial charge in [0.05, 0.1) is 24.6 Å². The molecule has 0 amide bonds. The molecule has 3 aromatic carbocycles. The first-order chi connectivity index (χ1) is 19.4. The Bertz CT molecular complexity index is 1550. The average Bonchev–Trinajstić information content (AvgIpc) is 2.96. The summed E-state index contributed by atoms with van der Waals surface area (Å²) >= 11 is 0. The van der Waals surface area contributed by atoms with Gasteiger partial charge in [-0.05, 0) is 65.7 Å². The molecule has 1 saturated heterocycles. The molecule has 4 aromatic rings. The van der Waals surface area contributed by atoms with Crippen LogP contribution < -0.4 is 10.2 Å². The first-order valence-electron chi connectivity index (χ1n) is 12.9. The summed E-state index contributed by atoms with van der Waals surface area (Å²) in [7, 11) is 0. The highest BCUT2D eigenvalue weighted by Gasteiger charge is 2.17. The van der Waals surface area contributed by atoms with Crippen LogP contribution in [0.5, 0.6) is 5.75 Å². The monoisotopic (exact) mass is 542 g/mol. The molecular weight excluding hydrogens is 514 g/mol. The molecule has 0 spiro atoms. The van der Waals surface area contributed by atoms with E-state index in [1.54, 1.807) is 36.5 Å². The Hall–Kier alpha value is -4.63. The van der Waals surface area contributed by atoms with Crippen LogP contribution in [-0.2, 0) is 22.4 Å². The third-order valence-corrected chi connectivity index (χ3v) is 6.64. The number of aromatic hydroxyl groups is 1. The lowest BCUT2D eigenvalue weighted by Crippen LogP contribution is -2.36. The molecule has 204 valence electrons. The Morgan fingerprint density at radius 1 is 1.07 bits per heavy atom. The summed E-state index contributed by atoms with van der Waals surface area (Å²) < 4.78 is 33.9. The summed E-state index contributed by atoms with van der Waals surface area (Å²) in [6.07, 6.45) is 3.02. The van der Waals surface area contributed by atoms with Crippen molar-refractivity contribution in [2.75, 3.05) is 36.5 Å². The van der Waals surface area contributed by atoms with E-state index in [9.17, 15) is 18.7 Å². The first kappa shape index (κ1) is 27.0. The van der Waals surface area contributed by atoms with E-state index in [-0.39, 0.29) is 35.3 Å². The third-order valence-electron chi connectivity index (χ3n) is 6.64. The number of ketones is 1. The number of phenols is 1. The molecule has 0 aliphatic carbocycles. The van der Waals surface area contributed by atoms with E-state index >= 15 is 0 Å². The van der Waals surface area contributed by atoms with Gasteiger partial charge in [0, 0.05) is 48.9 Å². The Morgan fingerprint density at radius 3 is 2.67 bits per heavy atom. The van der Waals surface area contributed by atoms with Gasteiger partial charge >= 0.3 is 0 Å². The molecule has 1 fully saturated rings. The quantitative estimate of drug-likeness (QED) is 0.210. The van der Waals surface area contributed by atoms with Crippen molar-refractivity contribution in [3.05, 3.63) is 108 Å². The SMILES string of the molecule is C=CC(=O)Cc1cc(-c2nc(Nc3ccc(O)c(N4CCOCC4)c3)ncc2Cc2cccc(F)c2)ccc1F. The Morgan fingerprint density at radius 2 is 1.90 bits per heavy atom. The fourth-order valence-electron chi connectivity index (χ4n) is 4.62. The van der Waals surface area contributed by atoms with E-state index in [0.29, 0.717) is 60.9 Å². The second-order valence-electron chi connectivity index (χ2n) is 9.46. The second-order valence-corrected chi connectivity index (χ2v) is 9.46. The molecule has 2 heterocycles. The number of carbonyl (C=O) groups excluding carboxylic acids is 1. The molecule has 40 heavy (non-hydrogen) atoms. The van der Waals surface area contributed by atoms with Gasteiger partial charge in [-0.15, -0.1) is 0 Å². The number of hydrogen-bond donors (Lipinski definition) is 2. The standard InChI is InChI=1S/C31H28F2N4O3/c1-2-26(38)17-22-16-21(6-8-27(22)33)30-23(14-20-4-3-5-24(32)15-20)19-34-31(36-30)35-25-7-9-29(39)28(18-25)37-10-12-40-13-11-37/h2-9,15-16,18-19,39H,1,10-14,17H2,(H,34,35,36). The zero-order valence-electron chi connectivity index (χ0n) is 21.7. The molecule has 5 rings (SSSR count). The molecule has 1 aliphatic rings. The first-order valence-corrected chi connectivity index (χ1v) is 12.9. The van der Waals surface area contributed by atoms with E-state index in [1.165, 1.54) is 18.2 Å². The summed E-state index contributed by atoms with van der Waals surface area (Å²) in [4.78, 5) is 23.2. The number of halogens is 2. The molecule has 0 unspecified atom stereocenters. The van der Waals surface area contributed by atoms with Crippen LogP contribution in [0.1, 0.15) is 16.7 Å². The number of nitrogens with one attached hydrogen (secondary N) is 1. The van der Waals surface area contributed by atoms with Crippen molar-refractivity contribution in [3.63, 3.8) is 0 Å². The molecule has 2 N–H and O–H groups in total. The van der Waals surface area contributed by atoms with Gasteiger partial charge < -0.3 is 20.1 Å². The number of hydrogen-bond acceptors (Lipinski definition) is 7. The number of phenolic OH excluding ortho intramolecular Hbond substituents is 1. The molecule has 0 saturated carbocycles. The van der Waals surface area contributed by atoms with Gasteiger partial charge in [-0.25, -0.2) is 18.7 Å². The van der Waals surface area contributed by atoms with Crippen molar-refractivity contribution in [2.45, 2.75) is 12.8 Å². The molecular formula is C31H28F2N4O3. The smallest absolute Gasteiger partial charge is 0.227 e. The predicted molar refractivity (Wildman–Crippen MR) is 150 cm³/mol. The maximum atomic E-state index is 14.6. The normalized spacial score (nSPS) is 13.2. The molecule has 0 bridgehead atoms. The van der Waals surface area contributed by atoms with Crippen molar-refractivity contribution >= 4 is 23.1 Å². The van der Waals surface area contributed by atoms with E-state index in [0.717, 1.165) is 11.6 Å². The van der Waals surface area contributed by atoms with Gasteiger partial charge in [0.2, 0.25) is 5.95 Å². The van der Waals surface area contributed by atoms with Crippen LogP contribution in [0.3, 0.4) is 0 Å². The summed E-state index contributed by atoms with van der Waals surface area (Å²) in [5, 5.41) is 13.6. The number of aromatic nitrogens is 2. The fraction of sp³-hybridized carbons (Fsp3) is 0.194. The summed E-state index contributed by atoms with van der Waals surface area (Å²) in [6.45, 7) is 5.95. The van der Waals surface area contributed by atoms with Gasteiger partial charge in [-0.3, -0.25) is 4.79 Å². The third kappa shape index (κ3) is 6.32. The number of benzene rings is 3. The van der Waals surface area contributed by atoms with E-state index < -0.39 is 5.82 Å². The van der Waals surface area contributed by atoms with Crippen molar-refractivity contribution in [2.24, 2.45) is 0 Å².